The summed E-state index contributed by atoms with van der Waals surface area (Å²) in [7, 11) is 0. The summed E-state index contributed by atoms with van der Waals surface area (Å²) in [4.78, 5) is 5.72. The molecule has 1 saturated heterocycles. The van der Waals surface area contributed by atoms with Gasteiger partial charge in [-0.1, -0.05) is 29.8 Å². The molecule has 0 unspecified atom stereocenters. The minimum absolute atomic E-state index is 0.518. The second-order valence-electron chi connectivity index (χ2n) is 5.94. The minimum atomic E-state index is -0.518. The Kier molecular flexibility index (Phi) is 5.18. The predicted octanol–water partition coefficient (Wildman–Crippen LogP) is 3.47. The van der Waals surface area contributed by atoms with Crippen molar-refractivity contribution in [1.82, 2.24) is 10.3 Å². The number of nitrogens with one attached hydrogen (secondary N) is 1. The van der Waals surface area contributed by atoms with E-state index in [9.17, 15) is 5.11 Å². The first-order valence-electron chi connectivity index (χ1n) is 7.67. The first-order chi connectivity index (χ1) is 10.6. The van der Waals surface area contributed by atoms with Crippen LogP contribution in [0.3, 0.4) is 0 Å². The molecule has 5 heteroatoms. The van der Waals surface area contributed by atoms with Crippen LogP contribution in [0.15, 0.2) is 30.5 Å². The molecular formula is C17H22N2OS2. The second-order valence-corrected chi connectivity index (χ2v) is 8.28. The van der Waals surface area contributed by atoms with Crippen LogP contribution in [0.25, 0.3) is 10.6 Å². The van der Waals surface area contributed by atoms with E-state index in [1.165, 1.54) is 16.0 Å². The van der Waals surface area contributed by atoms with E-state index in [4.69, 9.17) is 0 Å². The van der Waals surface area contributed by atoms with Crippen LogP contribution in [0, 0.1) is 6.92 Å². The number of hydrogen-bond acceptors (Lipinski definition) is 5. The third-order valence-corrected chi connectivity index (χ3v) is 6.06. The van der Waals surface area contributed by atoms with Crippen LogP contribution in [0.5, 0.6) is 0 Å². The van der Waals surface area contributed by atoms with E-state index in [0.717, 1.165) is 35.9 Å². The summed E-state index contributed by atoms with van der Waals surface area (Å²) in [5, 5.41) is 14.9. The van der Waals surface area contributed by atoms with Crippen LogP contribution < -0.4 is 5.32 Å². The molecule has 1 aromatic heterocycles. The van der Waals surface area contributed by atoms with E-state index in [1.54, 1.807) is 11.3 Å². The number of hydrogen-bond donors (Lipinski definition) is 2. The van der Waals surface area contributed by atoms with Gasteiger partial charge in [-0.3, -0.25) is 0 Å². The van der Waals surface area contributed by atoms with Crippen molar-refractivity contribution in [3.05, 3.63) is 40.9 Å². The average molecular weight is 335 g/mol. The summed E-state index contributed by atoms with van der Waals surface area (Å²) in [6.45, 7) is 3.54. The van der Waals surface area contributed by atoms with Gasteiger partial charge in [-0.05, 0) is 31.3 Å². The second kappa shape index (κ2) is 7.13. The van der Waals surface area contributed by atoms with Gasteiger partial charge in [0.05, 0.1) is 5.60 Å². The molecular weight excluding hydrogens is 312 g/mol. The van der Waals surface area contributed by atoms with Gasteiger partial charge in [0.2, 0.25) is 0 Å². The van der Waals surface area contributed by atoms with Crippen LogP contribution in [-0.2, 0) is 6.54 Å². The number of aryl methyl sites for hydroxylation is 1. The van der Waals surface area contributed by atoms with Gasteiger partial charge in [0.25, 0.3) is 0 Å². The van der Waals surface area contributed by atoms with Crippen molar-refractivity contribution >= 4 is 23.1 Å². The highest BCUT2D eigenvalue weighted by Crippen LogP contribution is 2.27. The Morgan fingerprint density at radius 2 is 1.95 bits per heavy atom. The third-order valence-electron chi connectivity index (χ3n) is 4.03. The van der Waals surface area contributed by atoms with E-state index in [0.29, 0.717) is 6.54 Å². The lowest BCUT2D eigenvalue weighted by Crippen LogP contribution is -2.43. The summed E-state index contributed by atoms with van der Waals surface area (Å²) >= 11 is 3.65. The zero-order valence-electron chi connectivity index (χ0n) is 12.8. The Labute approximate surface area is 140 Å². The molecule has 3 rings (SSSR count). The first-order valence-corrected chi connectivity index (χ1v) is 9.64. The average Bonchev–Trinajstić information content (AvgIpc) is 2.97. The summed E-state index contributed by atoms with van der Waals surface area (Å²) in [6.07, 6.45) is 3.72. The summed E-state index contributed by atoms with van der Waals surface area (Å²) in [5.74, 6) is 2.13. The zero-order valence-corrected chi connectivity index (χ0v) is 14.5. The first kappa shape index (κ1) is 16.0. The summed E-state index contributed by atoms with van der Waals surface area (Å²) in [6, 6.07) is 8.47. The molecule has 0 spiro atoms. The van der Waals surface area contributed by atoms with Crippen molar-refractivity contribution in [2.45, 2.75) is 31.9 Å². The highest BCUT2D eigenvalue weighted by Gasteiger charge is 2.28. The molecule has 118 valence electrons. The van der Waals surface area contributed by atoms with Crippen molar-refractivity contribution < 1.29 is 5.11 Å². The van der Waals surface area contributed by atoms with Gasteiger partial charge in [-0.2, -0.15) is 11.8 Å². The normalized spacial score (nSPS) is 17.5. The van der Waals surface area contributed by atoms with Crippen LogP contribution in [0.1, 0.15) is 23.3 Å². The maximum Gasteiger partial charge on any atom is 0.123 e. The van der Waals surface area contributed by atoms with E-state index < -0.39 is 5.60 Å². The van der Waals surface area contributed by atoms with Gasteiger partial charge < -0.3 is 10.4 Å². The van der Waals surface area contributed by atoms with Gasteiger partial charge in [0, 0.05) is 29.7 Å². The maximum absolute atomic E-state index is 10.5. The number of thiazole rings is 1. The van der Waals surface area contributed by atoms with Gasteiger partial charge in [0.1, 0.15) is 5.01 Å². The van der Waals surface area contributed by atoms with E-state index in [1.807, 2.05) is 18.0 Å². The van der Waals surface area contributed by atoms with E-state index >= 15 is 0 Å². The topological polar surface area (TPSA) is 45.2 Å². The smallest absolute Gasteiger partial charge is 0.123 e. The van der Waals surface area contributed by atoms with Crippen molar-refractivity contribution in [2.75, 3.05) is 18.1 Å². The van der Waals surface area contributed by atoms with Gasteiger partial charge in [-0.25, -0.2) is 4.98 Å². The fourth-order valence-corrected chi connectivity index (χ4v) is 4.71. The zero-order chi connectivity index (χ0) is 15.4. The van der Waals surface area contributed by atoms with Crippen molar-refractivity contribution in [1.29, 1.82) is 0 Å². The fraction of sp³-hybridized carbons (Fsp3) is 0.471. The Hall–Kier alpha value is -0.880. The lowest BCUT2D eigenvalue weighted by molar-refractivity contribution is 0.0321. The molecule has 2 heterocycles. The Morgan fingerprint density at radius 1 is 1.23 bits per heavy atom. The molecule has 0 atom stereocenters. The lowest BCUT2D eigenvalue weighted by Gasteiger charge is -2.31. The molecule has 1 aromatic carbocycles. The SMILES string of the molecule is Cc1ccc(-c2ncc(CNCC3(O)CCSCC3)s2)cc1. The van der Waals surface area contributed by atoms with Crippen molar-refractivity contribution in [3.63, 3.8) is 0 Å². The Morgan fingerprint density at radius 3 is 2.68 bits per heavy atom. The summed E-state index contributed by atoms with van der Waals surface area (Å²) < 4.78 is 0. The molecule has 2 N–H and O–H groups in total. The van der Waals surface area contributed by atoms with E-state index in [2.05, 4.69) is 41.5 Å². The highest BCUT2D eigenvalue weighted by molar-refractivity contribution is 7.99. The molecule has 1 fully saturated rings. The quantitative estimate of drug-likeness (QED) is 0.879. The minimum Gasteiger partial charge on any atom is -0.389 e. The van der Waals surface area contributed by atoms with Gasteiger partial charge in [-0.15, -0.1) is 11.3 Å². The van der Waals surface area contributed by atoms with E-state index in [-0.39, 0.29) is 0 Å². The molecule has 1 aliphatic heterocycles. The summed E-state index contributed by atoms with van der Waals surface area (Å²) in [5.41, 5.74) is 1.92. The molecule has 0 saturated carbocycles. The van der Waals surface area contributed by atoms with Gasteiger partial charge in [0.15, 0.2) is 0 Å². The monoisotopic (exact) mass is 334 g/mol. The number of nitrogens with zero attached hydrogens (tertiary/aromatic N) is 1. The number of thioether (sulfide) groups is 1. The van der Waals surface area contributed by atoms with Crippen LogP contribution in [-0.4, -0.2) is 33.7 Å². The Balaban J connectivity index is 1.54. The maximum atomic E-state index is 10.5. The molecule has 0 bridgehead atoms. The molecule has 2 aromatic rings. The molecule has 0 amide bonds. The largest absolute Gasteiger partial charge is 0.389 e. The molecule has 3 nitrogen and oxygen atoms in total. The third kappa shape index (κ3) is 4.10. The molecule has 0 radical (unpaired) electrons. The highest BCUT2D eigenvalue weighted by atomic mass is 32.2. The Bertz CT molecular complexity index is 603. The fourth-order valence-electron chi connectivity index (χ4n) is 2.57. The number of aliphatic hydroxyl groups is 1. The number of rotatable bonds is 5. The van der Waals surface area contributed by atoms with Crippen LogP contribution in [0.4, 0.5) is 0 Å². The van der Waals surface area contributed by atoms with Crippen molar-refractivity contribution in [3.8, 4) is 10.6 Å². The number of benzene rings is 1. The standard InChI is InChI=1S/C17H22N2OS2/c1-13-2-4-14(5-3-13)16-19-11-15(22-16)10-18-12-17(20)6-8-21-9-7-17/h2-5,11,18,20H,6-10,12H2,1H3. The van der Waals surface area contributed by atoms with Crippen molar-refractivity contribution in [2.24, 2.45) is 0 Å². The predicted molar refractivity (Wildman–Crippen MR) is 95.5 cm³/mol. The number of aromatic nitrogens is 1. The lowest BCUT2D eigenvalue weighted by atomic mass is 9.97. The van der Waals surface area contributed by atoms with Crippen LogP contribution in [0.2, 0.25) is 0 Å². The van der Waals surface area contributed by atoms with Crippen LogP contribution >= 0.6 is 23.1 Å². The molecule has 1 aliphatic rings. The molecule has 22 heavy (non-hydrogen) atoms. The molecule has 0 aliphatic carbocycles. The van der Waals surface area contributed by atoms with Gasteiger partial charge >= 0.3 is 0 Å².